The molecule has 0 radical (unpaired) electrons. The van der Waals surface area contributed by atoms with Gasteiger partial charge in [0, 0.05) is 23.9 Å². The Morgan fingerprint density at radius 1 is 1.35 bits per heavy atom. The number of hydrogen-bond acceptors (Lipinski definition) is 3. The smallest absolute Gasteiger partial charge is 0.264 e. The molecule has 0 fully saturated rings. The molecule has 0 unspecified atom stereocenters. The Labute approximate surface area is 123 Å². The predicted molar refractivity (Wildman–Crippen MR) is 84.4 cm³/mol. The molecule has 0 bridgehead atoms. The number of carbonyl (C=O) groups excluding carboxylic acids is 1. The second-order valence-corrected chi connectivity index (χ2v) is 6.27. The van der Waals surface area contributed by atoms with E-state index in [0.29, 0.717) is 13.0 Å². The number of fused-ring (bicyclic) bond motifs is 1. The summed E-state index contributed by atoms with van der Waals surface area (Å²) >= 11 is 1.56. The molecule has 108 valence electrons. The fraction of sp³-hybridized carbons (Fsp3) is 0.438. The van der Waals surface area contributed by atoms with Crippen LogP contribution in [0.5, 0.6) is 0 Å². The molecule has 0 saturated carbocycles. The molecule has 2 rings (SSSR count). The fourth-order valence-corrected chi connectivity index (χ4v) is 3.51. The lowest BCUT2D eigenvalue weighted by atomic mass is 10.1. The van der Waals surface area contributed by atoms with E-state index in [1.807, 2.05) is 37.8 Å². The van der Waals surface area contributed by atoms with Crippen molar-refractivity contribution in [3.8, 4) is 0 Å². The second kappa shape index (κ2) is 6.37. The van der Waals surface area contributed by atoms with Crippen LogP contribution >= 0.6 is 11.3 Å². The molecule has 1 N–H and O–H groups in total. The maximum Gasteiger partial charge on any atom is 0.264 e. The monoisotopic (exact) mass is 291 g/mol. The van der Waals surface area contributed by atoms with Crippen LogP contribution in [0.2, 0.25) is 0 Å². The summed E-state index contributed by atoms with van der Waals surface area (Å²) < 4.78 is 1.15. The number of nitrogens with zero attached hydrogens (tertiary/aromatic N) is 1. The minimum absolute atomic E-state index is 0.0761. The van der Waals surface area contributed by atoms with E-state index in [2.05, 4.69) is 12.1 Å². The molecule has 0 saturated heterocycles. The van der Waals surface area contributed by atoms with Crippen molar-refractivity contribution in [2.24, 2.45) is 0 Å². The second-order valence-electron chi connectivity index (χ2n) is 5.22. The van der Waals surface area contributed by atoms with Crippen LogP contribution in [0.15, 0.2) is 24.3 Å². The van der Waals surface area contributed by atoms with E-state index < -0.39 is 0 Å². The van der Waals surface area contributed by atoms with E-state index in [4.69, 9.17) is 5.11 Å². The Morgan fingerprint density at radius 2 is 2.05 bits per heavy atom. The molecule has 1 aromatic carbocycles. The molecule has 3 nitrogen and oxygen atoms in total. The number of hydrogen-bond donors (Lipinski definition) is 1. The molecule has 0 atom stereocenters. The minimum Gasteiger partial charge on any atom is -0.396 e. The van der Waals surface area contributed by atoms with Crippen molar-refractivity contribution in [2.45, 2.75) is 33.2 Å². The summed E-state index contributed by atoms with van der Waals surface area (Å²) in [7, 11) is 0. The zero-order valence-electron chi connectivity index (χ0n) is 12.2. The first-order chi connectivity index (χ1) is 9.56. The van der Waals surface area contributed by atoms with Crippen LogP contribution in [-0.2, 0) is 0 Å². The lowest BCUT2D eigenvalue weighted by Gasteiger charge is -2.26. The Kier molecular flexibility index (Phi) is 4.78. The van der Waals surface area contributed by atoms with Crippen LogP contribution < -0.4 is 0 Å². The number of thiophene rings is 1. The summed E-state index contributed by atoms with van der Waals surface area (Å²) in [5.74, 6) is 0.0761. The Bertz CT molecular complexity index is 604. The van der Waals surface area contributed by atoms with Crippen molar-refractivity contribution in [3.63, 3.8) is 0 Å². The fourth-order valence-electron chi connectivity index (χ4n) is 2.34. The molecule has 20 heavy (non-hydrogen) atoms. The zero-order valence-corrected chi connectivity index (χ0v) is 13.0. The molecule has 2 aromatic rings. The number of carbonyl (C=O) groups is 1. The topological polar surface area (TPSA) is 40.5 Å². The van der Waals surface area contributed by atoms with Gasteiger partial charge in [0.15, 0.2) is 0 Å². The predicted octanol–water partition coefficient (Wildman–Crippen LogP) is 3.44. The number of amides is 1. The number of aliphatic hydroxyl groups excluding tert-OH is 1. The molecule has 0 spiro atoms. The average Bonchev–Trinajstić information content (AvgIpc) is 2.76. The highest BCUT2D eigenvalue weighted by Gasteiger charge is 2.22. The van der Waals surface area contributed by atoms with Gasteiger partial charge in [-0.2, -0.15) is 0 Å². The third-order valence-electron chi connectivity index (χ3n) is 3.48. The summed E-state index contributed by atoms with van der Waals surface area (Å²) in [6, 6.07) is 8.25. The van der Waals surface area contributed by atoms with Crippen LogP contribution in [-0.4, -0.2) is 35.1 Å². The Hall–Kier alpha value is -1.39. The van der Waals surface area contributed by atoms with Gasteiger partial charge >= 0.3 is 0 Å². The van der Waals surface area contributed by atoms with E-state index in [0.717, 1.165) is 20.5 Å². The standard InChI is InChI=1S/C16H21NO2S/c1-11(2)17(9-6-10-18)16(19)15-12(3)13-7-4-5-8-14(13)20-15/h4-5,7-8,11,18H,6,9-10H2,1-3H3. The number of rotatable bonds is 5. The maximum atomic E-state index is 12.7. The van der Waals surface area contributed by atoms with Crippen molar-refractivity contribution < 1.29 is 9.90 Å². The largest absolute Gasteiger partial charge is 0.396 e. The number of aliphatic hydroxyl groups is 1. The van der Waals surface area contributed by atoms with Crippen molar-refractivity contribution in [2.75, 3.05) is 13.2 Å². The van der Waals surface area contributed by atoms with Crippen LogP contribution in [0.1, 0.15) is 35.5 Å². The summed E-state index contributed by atoms with van der Waals surface area (Å²) in [4.78, 5) is 15.4. The summed E-state index contributed by atoms with van der Waals surface area (Å²) in [5, 5.41) is 10.1. The van der Waals surface area contributed by atoms with E-state index in [9.17, 15) is 4.79 Å². The molecular weight excluding hydrogens is 270 g/mol. The Morgan fingerprint density at radius 3 is 2.65 bits per heavy atom. The number of aryl methyl sites for hydroxylation is 1. The SMILES string of the molecule is Cc1c(C(=O)N(CCCO)C(C)C)sc2ccccc12. The van der Waals surface area contributed by atoms with Gasteiger partial charge in [-0.15, -0.1) is 11.3 Å². The van der Waals surface area contributed by atoms with Crippen molar-refractivity contribution >= 4 is 27.3 Å². The van der Waals surface area contributed by atoms with Gasteiger partial charge in [0.25, 0.3) is 5.91 Å². The van der Waals surface area contributed by atoms with Crippen LogP contribution in [0.4, 0.5) is 0 Å². The first-order valence-corrected chi connectivity index (χ1v) is 7.78. The molecule has 1 heterocycles. The van der Waals surface area contributed by atoms with Crippen LogP contribution in [0, 0.1) is 6.92 Å². The first kappa shape index (κ1) is 15.0. The molecule has 0 aliphatic carbocycles. The highest BCUT2D eigenvalue weighted by Crippen LogP contribution is 2.31. The molecule has 1 aromatic heterocycles. The third kappa shape index (κ3) is 2.86. The van der Waals surface area contributed by atoms with Crippen LogP contribution in [0.25, 0.3) is 10.1 Å². The van der Waals surface area contributed by atoms with E-state index in [1.165, 1.54) is 0 Å². The molecule has 0 aliphatic rings. The van der Waals surface area contributed by atoms with Gasteiger partial charge in [-0.1, -0.05) is 18.2 Å². The third-order valence-corrected chi connectivity index (χ3v) is 4.74. The summed E-state index contributed by atoms with van der Waals surface area (Å²) in [5.41, 5.74) is 1.06. The van der Waals surface area contributed by atoms with Gasteiger partial charge in [-0.05, 0) is 44.2 Å². The number of benzene rings is 1. The van der Waals surface area contributed by atoms with Crippen molar-refractivity contribution in [1.82, 2.24) is 4.90 Å². The summed E-state index contributed by atoms with van der Waals surface area (Å²) in [6.07, 6.45) is 0.619. The van der Waals surface area contributed by atoms with E-state index in [-0.39, 0.29) is 18.6 Å². The maximum absolute atomic E-state index is 12.7. The Balaban J connectivity index is 2.36. The van der Waals surface area contributed by atoms with Gasteiger partial charge in [0.1, 0.15) is 0 Å². The highest BCUT2D eigenvalue weighted by atomic mass is 32.1. The lowest BCUT2D eigenvalue weighted by Crippen LogP contribution is -2.37. The quantitative estimate of drug-likeness (QED) is 0.916. The van der Waals surface area contributed by atoms with Crippen LogP contribution in [0.3, 0.4) is 0 Å². The lowest BCUT2D eigenvalue weighted by molar-refractivity contribution is 0.0697. The van der Waals surface area contributed by atoms with Gasteiger partial charge in [0.2, 0.25) is 0 Å². The van der Waals surface area contributed by atoms with Crippen molar-refractivity contribution in [1.29, 1.82) is 0 Å². The molecule has 1 amide bonds. The average molecular weight is 291 g/mol. The van der Waals surface area contributed by atoms with E-state index >= 15 is 0 Å². The van der Waals surface area contributed by atoms with Gasteiger partial charge in [-0.3, -0.25) is 4.79 Å². The molecular formula is C16H21NO2S. The summed E-state index contributed by atoms with van der Waals surface area (Å²) in [6.45, 7) is 6.75. The highest BCUT2D eigenvalue weighted by molar-refractivity contribution is 7.21. The van der Waals surface area contributed by atoms with Gasteiger partial charge in [-0.25, -0.2) is 0 Å². The van der Waals surface area contributed by atoms with Gasteiger partial charge in [0.05, 0.1) is 4.88 Å². The van der Waals surface area contributed by atoms with Crippen molar-refractivity contribution in [3.05, 3.63) is 34.7 Å². The normalized spacial score (nSPS) is 11.2. The van der Waals surface area contributed by atoms with Gasteiger partial charge < -0.3 is 10.0 Å². The first-order valence-electron chi connectivity index (χ1n) is 6.96. The van der Waals surface area contributed by atoms with E-state index in [1.54, 1.807) is 11.3 Å². The zero-order chi connectivity index (χ0) is 14.7. The molecule has 0 aliphatic heterocycles. The molecule has 4 heteroatoms. The minimum atomic E-state index is 0.0761.